The van der Waals surface area contributed by atoms with E-state index in [4.69, 9.17) is 0 Å². The summed E-state index contributed by atoms with van der Waals surface area (Å²) in [6.07, 6.45) is 1.43. The zero-order valence-electron chi connectivity index (χ0n) is 18.0. The lowest BCUT2D eigenvalue weighted by Gasteiger charge is -2.11. The minimum absolute atomic E-state index is 0.204. The van der Waals surface area contributed by atoms with Crippen LogP contribution in [0, 0.1) is 0 Å². The number of anilines is 3. The van der Waals surface area contributed by atoms with E-state index in [9.17, 15) is 14.4 Å². The monoisotopic (exact) mass is 507 g/mol. The van der Waals surface area contributed by atoms with Crippen molar-refractivity contribution in [3.8, 4) is 0 Å². The van der Waals surface area contributed by atoms with E-state index < -0.39 is 17.7 Å². The third-order valence-electron chi connectivity index (χ3n) is 4.52. The molecule has 168 valence electrons. The third kappa shape index (κ3) is 6.75. The molecule has 3 rings (SSSR count). The Morgan fingerprint density at radius 2 is 1.52 bits per heavy atom. The van der Waals surface area contributed by atoms with Crippen molar-refractivity contribution in [1.82, 2.24) is 5.43 Å². The molecule has 3 amide bonds. The van der Waals surface area contributed by atoms with E-state index >= 15 is 0 Å². The van der Waals surface area contributed by atoms with Crippen molar-refractivity contribution in [1.29, 1.82) is 0 Å². The van der Waals surface area contributed by atoms with Gasteiger partial charge in [0.2, 0.25) is 0 Å². The SMILES string of the molecule is CN(C)c1ccc(/C=N/NC(=O)C(=O)Nc2ccccc2C(=O)Nc2ccc(Br)cc2)cc1. The Kier molecular flexibility index (Phi) is 7.93. The van der Waals surface area contributed by atoms with Crippen LogP contribution >= 0.6 is 15.9 Å². The van der Waals surface area contributed by atoms with Crippen molar-refractivity contribution in [2.45, 2.75) is 0 Å². The van der Waals surface area contributed by atoms with Crippen molar-refractivity contribution in [2.75, 3.05) is 29.6 Å². The summed E-state index contributed by atoms with van der Waals surface area (Å²) in [7, 11) is 3.87. The summed E-state index contributed by atoms with van der Waals surface area (Å²) >= 11 is 3.34. The van der Waals surface area contributed by atoms with Gasteiger partial charge in [0.15, 0.2) is 0 Å². The Morgan fingerprint density at radius 3 is 2.18 bits per heavy atom. The number of hydrogen-bond acceptors (Lipinski definition) is 5. The van der Waals surface area contributed by atoms with Crippen LogP contribution in [0.4, 0.5) is 17.1 Å². The first kappa shape index (κ1) is 23.7. The normalized spacial score (nSPS) is 10.5. The Balaban J connectivity index is 1.60. The molecule has 9 heteroatoms. The van der Waals surface area contributed by atoms with Crippen LogP contribution in [0.15, 0.2) is 82.4 Å². The van der Waals surface area contributed by atoms with Gasteiger partial charge in [-0.3, -0.25) is 14.4 Å². The van der Waals surface area contributed by atoms with Gasteiger partial charge in [-0.1, -0.05) is 40.2 Å². The molecule has 3 aromatic carbocycles. The Labute approximate surface area is 199 Å². The molecular weight excluding hydrogens is 486 g/mol. The molecule has 0 spiro atoms. The largest absolute Gasteiger partial charge is 0.378 e. The molecule has 33 heavy (non-hydrogen) atoms. The standard InChI is InChI=1S/C24H22BrN5O3/c1-30(2)19-13-7-16(8-14-19)15-26-29-24(33)23(32)28-21-6-4-3-5-20(21)22(31)27-18-11-9-17(25)10-12-18/h3-15H,1-2H3,(H,27,31)(H,28,32)(H,29,33)/b26-15+. The molecule has 8 nitrogen and oxygen atoms in total. The fourth-order valence-electron chi connectivity index (χ4n) is 2.78. The maximum atomic E-state index is 12.7. The summed E-state index contributed by atoms with van der Waals surface area (Å²) in [6, 6.07) is 21.0. The summed E-state index contributed by atoms with van der Waals surface area (Å²) in [4.78, 5) is 39.1. The number of para-hydroxylation sites is 1. The van der Waals surface area contributed by atoms with Crippen molar-refractivity contribution in [3.63, 3.8) is 0 Å². The maximum Gasteiger partial charge on any atom is 0.329 e. The van der Waals surface area contributed by atoms with E-state index in [1.807, 2.05) is 43.3 Å². The van der Waals surface area contributed by atoms with E-state index in [2.05, 4.69) is 37.1 Å². The number of nitrogens with zero attached hydrogens (tertiary/aromatic N) is 2. The number of hydrogen-bond donors (Lipinski definition) is 3. The van der Waals surface area contributed by atoms with Crippen molar-refractivity contribution < 1.29 is 14.4 Å². The summed E-state index contributed by atoms with van der Waals surface area (Å²) in [5.74, 6) is -2.33. The molecule has 0 saturated heterocycles. The van der Waals surface area contributed by atoms with Gasteiger partial charge < -0.3 is 15.5 Å². The molecular formula is C24H22BrN5O3. The summed E-state index contributed by atoms with van der Waals surface area (Å²) in [5.41, 5.74) is 4.98. The van der Waals surface area contributed by atoms with Crippen LogP contribution in [0.2, 0.25) is 0 Å². The number of nitrogens with one attached hydrogen (secondary N) is 3. The second kappa shape index (κ2) is 11.1. The van der Waals surface area contributed by atoms with Gasteiger partial charge >= 0.3 is 11.8 Å². The molecule has 0 aliphatic carbocycles. The molecule has 0 aromatic heterocycles. The first-order valence-corrected chi connectivity index (χ1v) is 10.7. The summed E-state index contributed by atoms with van der Waals surface area (Å²) in [6.45, 7) is 0. The number of halogens is 1. The highest BCUT2D eigenvalue weighted by Crippen LogP contribution is 2.19. The first-order valence-electron chi connectivity index (χ1n) is 9.91. The quantitative estimate of drug-likeness (QED) is 0.267. The van der Waals surface area contributed by atoms with Gasteiger partial charge in [-0.2, -0.15) is 5.10 Å². The molecule has 0 bridgehead atoms. The van der Waals surface area contributed by atoms with E-state index in [0.717, 1.165) is 15.7 Å². The molecule has 0 unspecified atom stereocenters. The van der Waals surface area contributed by atoms with Crippen molar-refractivity contribution in [2.24, 2.45) is 5.10 Å². The van der Waals surface area contributed by atoms with Crippen LogP contribution in [-0.4, -0.2) is 38.0 Å². The van der Waals surface area contributed by atoms with E-state index in [1.165, 1.54) is 12.3 Å². The molecule has 0 saturated carbocycles. The van der Waals surface area contributed by atoms with Crippen LogP contribution in [0.5, 0.6) is 0 Å². The predicted molar refractivity (Wildman–Crippen MR) is 134 cm³/mol. The highest BCUT2D eigenvalue weighted by atomic mass is 79.9. The second-order valence-corrected chi connectivity index (χ2v) is 8.06. The predicted octanol–water partition coefficient (Wildman–Crippen LogP) is 3.86. The lowest BCUT2D eigenvalue weighted by molar-refractivity contribution is -0.136. The van der Waals surface area contributed by atoms with Gasteiger partial charge in [0, 0.05) is 29.9 Å². The average molecular weight is 508 g/mol. The molecule has 0 aliphatic rings. The average Bonchev–Trinajstić information content (AvgIpc) is 2.81. The second-order valence-electron chi connectivity index (χ2n) is 7.15. The van der Waals surface area contributed by atoms with Crippen LogP contribution in [0.3, 0.4) is 0 Å². The van der Waals surface area contributed by atoms with Crippen molar-refractivity contribution >= 4 is 56.9 Å². The molecule has 0 heterocycles. The van der Waals surface area contributed by atoms with Gasteiger partial charge in [0.25, 0.3) is 5.91 Å². The Hall–Kier alpha value is -3.98. The smallest absolute Gasteiger partial charge is 0.329 e. The van der Waals surface area contributed by atoms with Gasteiger partial charge in [-0.25, -0.2) is 5.43 Å². The molecule has 3 aromatic rings. The number of benzene rings is 3. The fraction of sp³-hybridized carbons (Fsp3) is 0.0833. The minimum Gasteiger partial charge on any atom is -0.378 e. The van der Waals surface area contributed by atoms with Crippen molar-refractivity contribution in [3.05, 3.63) is 88.4 Å². The highest BCUT2D eigenvalue weighted by molar-refractivity contribution is 9.10. The van der Waals surface area contributed by atoms with E-state index in [0.29, 0.717) is 5.69 Å². The van der Waals surface area contributed by atoms with Crippen LogP contribution in [0.25, 0.3) is 0 Å². The number of rotatable bonds is 6. The maximum absolute atomic E-state index is 12.7. The molecule has 3 N–H and O–H groups in total. The van der Waals surface area contributed by atoms with Gasteiger partial charge in [-0.15, -0.1) is 0 Å². The fourth-order valence-corrected chi connectivity index (χ4v) is 3.04. The molecule has 0 radical (unpaired) electrons. The Morgan fingerprint density at radius 1 is 0.848 bits per heavy atom. The lowest BCUT2D eigenvalue weighted by atomic mass is 10.1. The molecule has 0 atom stereocenters. The summed E-state index contributed by atoms with van der Waals surface area (Å²) in [5, 5.41) is 9.03. The lowest BCUT2D eigenvalue weighted by Crippen LogP contribution is -2.33. The van der Waals surface area contributed by atoms with E-state index in [-0.39, 0.29) is 11.3 Å². The topological polar surface area (TPSA) is 103 Å². The number of carbonyl (C=O) groups excluding carboxylic acids is 3. The highest BCUT2D eigenvalue weighted by Gasteiger charge is 2.17. The molecule has 0 fully saturated rings. The minimum atomic E-state index is -0.959. The number of amides is 3. The first-order chi connectivity index (χ1) is 15.8. The van der Waals surface area contributed by atoms with Gasteiger partial charge in [-0.05, 0) is 54.1 Å². The summed E-state index contributed by atoms with van der Waals surface area (Å²) < 4.78 is 0.882. The van der Waals surface area contributed by atoms with Gasteiger partial charge in [0.1, 0.15) is 0 Å². The van der Waals surface area contributed by atoms with Crippen LogP contribution < -0.4 is 21.0 Å². The Bertz CT molecular complexity index is 1180. The van der Waals surface area contributed by atoms with Crippen LogP contribution in [0.1, 0.15) is 15.9 Å². The van der Waals surface area contributed by atoms with Crippen LogP contribution in [-0.2, 0) is 9.59 Å². The number of hydrazone groups is 1. The zero-order chi connectivity index (χ0) is 23.8. The zero-order valence-corrected chi connectivity index (χ0v) is 19.6. The van der Waals surface area contributed by atoms with E-state index in [1.54, 1.807) is 42.5 Å². The van der Waals surface area contributed by atoms with Gasteiger partial charge in [0.05, 0.1) is 17.5 Å². The molecule has 0 aliphatic heterocycles. The number of carbonyl (C=O) groups is 3. The third-order valence-corrected chi connectivity index (χ3v) is 5.05.